The molecule has 0 saturated heterocycles. The summed E-state index contributed by atoms with van der Waals surface area (Å²) in [7, 11) is 0. The maximum atomic E-state index is 4.43. The molecule has 0 unspecified atom stereocenters. The molecule has 2 heterocycles. The highest BCUT2D eigenvalue weighted by atomic mass is 15.3. The largest absolute Gasteiger partial charge is 0.354 e. The van der Waals surface area contributed by atoms with Gasteiger partial charge in [-0.1, -0.05) is 0 Å². The van der Waals surface area contributed by atoms with Crippen LogP contribution in [0, 0.1) is 0 Å². The Morgan fingerprint density at radius 1 is 1.26 bits per heavy atom. The first-order valence-corrected chi connectivity index (χ1v) is 6.60. The number of hydrogen-bond donors (Lipinski definition) is 2. The molecule has 19 heavy (non-hydrogen) atoms. The molecule has 1 saturated carbocycles. The lowest BCUT2D eigenvalue weighted by molar-refractivity contribution is 0.443. The normalized spacial score (nSPS) is 15.0. The Labute approximate surface area is 111 Å². The number of hydrogen-bond acceptors (Lipinski definition) is 6. The second kappa shape index (κ2) is 5.21. The minimum atomic E-state index is 0.493. The van der Waals surface area contributed by atoms with Gasteiger partial charge in [0.25, 0.3) is 0 Å². The Morgan fingerprint density at radius 3 is 2.74 bits per heavy atom. The second-order valence-corrected chi connectivity index (χ2v) is 4.56. The van der Waals surface area contributed by atoms with E-state index in [1.165, 1.54) is 19.3 Å². The van der Waals surface area contributed by atoms with Crippen LogP contribution in [-0.2, 0) is 0 Å². The first-order valence-electron chi connectivity index (χ1n) is 6.60. The standard InChI is InChI=1S/C12H17N7/c1-2-14-10-16-11(15-9-4-3-5-9)18-12(17-10)19-7-6-13-8-19/h6-9H,2-5H2,1H3,(H2,14,15,16,17,18). The van der Waals surface area contributed by atoms with Gasteiger partial charge in [-0.2, -0.15) is 15.0 Å². The third-order valence-electron chi connectivity index (χ3n) is 3.13. The minimum Gasteiger partial charge on any atom is -0.354 e. The van der Waals surface area contributed by atoms with E-state index >= 15 is 0 Å². The number of aromatic nitrogens is 5. The third kappa shape index (κ3) is 2.64. The van der Waals surface area contributed by atoms with Crippen molar-refractivity contribution >= 4 is 11.9 Å². The molecular formula is C12H17N7. The van der Waals surface area contributed by atoms with Crippen molar-refractivity contribution in [2.75, 3.05) is 17.2 Å². The van der Waals surface area contributed by atoms with Gasteiger partial charge < -0.3 is 10.6 Å². The van der Waals surface area contributed by atoms with Crippen LogP contribution in [0.2, 0.25) is 0 Å². The molecule has 2 aromatic rings. The Bertz CT molecular complexity index is 533. The van der Waals surface area contributed by atoms with E-state index in [9.17, 15) is 0 Å². The molecule has 0 atom stereocenters. The summed E-state index contributed by atoms with van der Waals surface area (Å²) in [6.07, 6.45) is 8.84. The van der Waals surface area contributed by atoms with Crippen molar-refractivity contribution in [3.05, 3.63) is 18.7 Å². The van der Waals surface area contributed by atoms with Crippen LogP contribution < -0.4 is 10.6 Å². The Kier molecular flexibility index (Phi) is 3.26. The molecule has 7 nitrogen and oxygen atoms in total. The lowest BCUT2D eigenvalue weighted by Gasteiger charge is -2.26. The zero-order chi connectivity index (χ0) is 13.1. The average molecular weight is 259 g/mol. The number of rotatable bonds is 5. The van der Waals surface area contributed by atoms with Crippen molar-refractivity contribution in [3.8, 4) is 5.95 Å². The minimum absolute atomic E-state index is 0.493. The molecule has 0 amide bonds. The number of imidazole rings is 1. The lowest BCUT2D eigenvalue weighted by atomic mass is 9.93. The van der Waals surface area contributed by atoms with Gasteiger partial charge in [0.2, 0.25) is 17.8 Å². The topological polar surface area (TPSA) is 80.5 Å². The van der Waals surface area contributed by atoms with E-state index in [1.807, 2.05) is 13.1 Å². The third-order valence-corrected chi connectivity index (χ3v) is 3.13. The molecule has 1 aliphatic rings. The van der Waals surface area contributed by atoms with Crippen molar-refractivity contribution in [1.29, 1.82) is 0 Å². The Balaban J connectivity index is 1.89. The van der Waals surface area contributed by atoms with Crippen molar-refractivity contribution in [1.82, 2.24) is 24.5 Å². The number of nitrogens with zero attached hydrogens (tertiary/aromatic N) is 5. The average Bonchev–Trinajstić information content (AvgIpc) is 2.88. The molecule has 1 fully saturated rings. The predicted molar refractivity (Wildman–Crippen MR) is 72.4 cm³/mol. The molecule has 3 rings (SSSR count). The van der Waals surface area contributed by atoms with Crippen molar-refractivity contribution in [2.45, 2.75) is 32.2 Å². The summed E-state index contributed by atoms with van der Waals surface area (Å²) in [5.74, 6) is 1.78. The highest BCUT2D eigenvalue weighted by Gasteiger charge is 2.19. The summed E-state index contributed by atoms with van der Waals surface area (Å²) < 4.78 is 1.77. The summed E-state index contributed by atoms with van der Waals surface area (Å²) in [5, 5.41) is 6.47. The van der Waals surface area contributed by atoms with Gasteiger partial charge in [-0.05, 0) is 26.2 Å². The molecule has 0 radical (unpaired) electrons. The van der Waals surface area contributed by atoms with Gasteiger partial charge in [-0.15, -0.1) is 0 Å². The quantitative estimate of drug-likeness (QED) is 0.846. The van der Waals surface area contributed by atoms with Gasteiger partial charge >= 0.3 is 0 Å². The highest BCUT2D eigenvalue weighted by molar-refractivity contribution is 5.38. The van der Waals surface area contributed by atoms with E-state index in [0.717, 1.165) is 6.54 Å². The van der Waals surface area contributed by atoms with E-state index in [2.05, 4.69) is 30.6 Å². The number of nitrogens with one attached hydrogen (secondary N) is 2. The number of anilines is 2. The first kappa shape index (κ1) is 11.9. The monoisotopic (exact) mass is 259 g/mol. The summed E-state index contributed by atoms with van der Waals surface area (Å²) in [4.78, 5) is 17.2. The van der Waals surface area contributed by atoms with E-state index in [0.29, 0.717) is 23.9 Å². The van der Waals surface area contributed by atoms with Gasteiger partial charge in [-0.3, -0.25) is 4.57 Å². The van der Waals surface area contributed by atoms with E-state index in [4.69, 9.17) is 0 Å². The van der Waals surface area contributed by atoms with Crippen LogP contribution in [0.1, 0.15) is 26.2 Å². The fraction of sp³-hybridized carbons (Fsp3) is 0.500. The van der Waals surface area contributed by atoms with E-state index in [1.54, 1.807) is 17.1 Å². The molecule has 0 bridgehead atoms. The Morgan fingerprint density at radius 2 is 2.11 bits per heavy atom. The summed E-state index contributed by atoms with van der Waals surface area (Å²) in [5.41, 5.74) is 0. The molecule has 2 N–H and O–H groups in total. The fourth-order valence-corrected chi connectivity index (χ4v) is 1.89. The summed E-state index contributed by atoms with van der Waals surface area (Å²) >= 11 is 0. The smallest absolute Gasteiger partial charge is 0.241 e. The predicted octanol–water partition coefficient (Wildman–Crippen LogP) is 1.45. The van der Waals surface area contributed by atoms with Gasteiger partial charge in [0, 0.05) is 25.0 Å². The van der Waals surface area contributed by atoms with Crippen molar-refractivity contribution in [2.24, 2.45) is 0 Å². The molecule has 7 heteroatoms. The maximum absolute atomic E-state index is 4.43. The first-order chi connectivity index (χ1) is 9.35. The Hall–Kier alpha value is -2.18. The fourth-order valence-electron chi connectivity index (χ4n) is 1.89. The van der Waals surface area contributed by atoms with E-state index in [-0.39, 0.29) is 0 Å². The summed E-state index contributed by atoms with van der Waals surface area (Å²) in [6.45, 7) is 2.79. The highest BCUT2D eigenvalue weighted by Crippen LogP contribution is 2.22. The molecule has 0 aliphatic heterocycles. The zero-order valence-corrected chi connectivity index (χ0v) is 10.9. The van der Waals surface area contributed by atoms with Crippen molar-refractivity contribution in [3.63, 3.8) is 0 Å². The van der Waals surface area contributed by atoms with Gasteiger partial charge in [-0.25, -0.2) is 4.98 Å². The van der Waals surface area contributed by atoms with Gasteiger partial charge in [0.05, 0.1) is 0 Å². The molecule has 0 spiro atoms. The van der Waals surface area contributed by atoms with Crippen molar-refractivity contribution < 1.29 is 0 Å². The van der Waals surface area contributed by atoms with Crippen LogP contribution in [0.3, 0.4) is 0 Å². The maximum Gasteiger partial charge on any atom is 0.241 e. The van der Waals surface area contributed by atoms with E-state index < -0.39 is 0 Å². The summed E-state index contributed by atoms with van der Waals surface area (Å²) in [6, 6.07) is 0.493. The molecule has 0 aromatic carbocycles. The second-order valence-electron chi connectivity index (χ2n) is 4.56. The lowest BCUT2D eigenvalue weighted by Crippen LogP contribution is -2.28. The van der Waals surface area contributed by atoms with Crippen LogP contribution in [-0.4, -0.2) is 37.1 Å². The van der Waals surface area contributed by atoms with Crippen LogP contribution >= 0.6 is 0 Å². The van der Waals surface area contributed by atoms with Gasteiger partial charge in [0.15, 0.2) is 0 Å². The van der Waals surface area contributed by atoms with Crippen LogP contribution in [0.4, 0.5) is 11.9 Å². The zero-order valence-electron chi connectivity index (χ0n) is 10.9. The van der Waals surface area contributed by atoms with Crippen LogP contribution in [0.5, 0.6) is 0 Å². The molecule has 100 valence electrons. The molecule has 2 aromatic heterocycles. The molecular weight excluding hydrogens is 242 g/mol. The molecule has 1 aliphatic carbocycles. The SMILES string of the molecule is CCNc1nc(NC2CCC2)nc(-n2ccnc2)n1. The van der Waals surface area contributed by atoms with Crippen LogP contribution in [0.15, 0.2) is 18.7 Å². The van der Waals surface area contributed by atoms with Crippen LogP contribution in [0.25, 0.3) is 5.95 Å². The van der Waals surface area contributed by atoms with Gasteiger partial charge in [0.1, 0.15) is 6.33 Å².